The quantitative estimate of drug-likeness (QED) is 0.603. The van der Waals surface area contributed by atoms with Gasteiger partial charge in [0, 0.05) is 27.5 Å². The van der Waals surface area contributed by atoms with Crippen LogP contribution in [0, 0.1) is 0 Å². The van der Waals surface area contributed by atoms with Crippen molar-refractivity contribution in [2.45, 2.75) is 13.8 Å². The van der Waals surface area contributed by atoms with E-state index < -0.39 is 0 Å². The first-order valence-corrected chi connectivity index (χ1v) is 7.73. The molecule has 4 nitrogen and oxygen atoms in total. The van der Waals surface area contributed by atoms with Crippen LogP contribution in [0.5, 0.6) is 0 Å². The summed E-state index contributed by atoms with van der Waals surface area (Å²) < 4.78 is 7.34. The SMILES string of the molecule is C=C/C=C\C(=C/C=C)NC(=O)PN1CCOCC1.CC. The van der Waals surface area contributed by atoms with E-state index in [1.807, 2.05) is 13.8 Å². The average Bonchev–Trinajstić information content (AvgIpc) is 2.48. The highest BCUT2D eigenvalue weighted by molar-refractivity contribution is 7.55. The molecule has 1 amide bonds. The average molecular weight is 296 g/mol. The van der Waals surface area contributed by atoms with Gasteiger partial charge >= 0.3 is 0 Å². The van der Waals surface area contributed by atoms with Crippen LogP contribution < -0.4 is 5.32 Å². The summed E-state index contributed by atoms with van der Waals surface area (Å²) in [5.74, 6) is 0. The zero-order valence-electron chi connectivity index (χ0n) is 12.4. The Balaban J connectivity index is 0.00000172. The molecule has 5 heteroatoms. The molecule has 0 saturated carbocycles. The Hall–Kier alpha value is -1.22. The lowest BCUT2D eigenvalue weighted by Gasteiger charge is -2.25. The maximum absolute atomic E-state index is 11.8. The molecule has 0 spiro atoms. The summed E-state index contributed by atoms with van der Waals surface area (Å²) in [6, 6.07) is 0. The van der Waals surface area contributed by atoms with Gasteiger partial charge in [0.25, 0.3) is 5.65 Å². The summed E-state index contributed by atoms with van der Waals surface area (Å²) in [6.45, 7) is 14.2. The fraction of sp³-hybridized carbons (Fsp3) is 0.400. The van der Waals surface area contributed by atoms with Crippen molar-refractivity contribution < 1.29 is 9.53 Å². The van der Waals surface area contributed by atoms with E-state index in [-0.39, 0.29) is 14.4 Å². The maximum Gasteiger partial charge on any atom is 0.257 e. The van der Waals surface area contributed by atoms with Gasteiger partial charge in [0.15, 0.2) is 0 Å². The molecule has 0 radical (unpaired) electrons. The molecule has 1 fully saturated rings. The molecule has 1 unspecified atom stereocenters. The first-order valence-electron chi connectivity index (χ1n) is 6.78. The van der Waals surface area contributed by atoms with E-state index in [0.29, 0.717) is 13.2 Å². The van der Waals surface area contributed by atoms with Crippen LogP contribution in [-0.2, 0) is 4.74 Å². The van der Waals surface area contributed by atoms with Crippen molar-refractivity contribution >= 4 is 14.4 Å². The summed E-state index contributed by atoms with van der Waals surface area (Å²) in [6.07, 6.45) is 8.61. The van der Waals surface area contributed by atoms with Crippen molar-refractivity contribution in [2.24, 2.45) is 0 Å². The molecule has 1 aliphatic heterocycles. The molecule has 0 bridgehead atoms. The topological polar surface area (TPSA) is 41.6 Å². The number of ether oxygens (including phenoxy) is 1. The van der Waals surface area contributed by atoms with Gasteiger partial charge in [-0.1, -0.05) is 45.2 Å². The molecule has 1 heterocycles. The summed E-state index contributed by atoms with van der Waals surface area (Å²) in [5.41, 5.74) is 0.717. The number of nitrogens with zero attached hydrogens (tertiary/aromatic N) is 1. The highest BCUT2D eigenvalue weighted by atomic mass is 31.1. The third kappa shape index (κ3) is 8.81. The van der Waals surface area contributed by atoms with Gasteiger partial charge in [-0.25, -0.2) is 0 Å². The van der Waals surface area contributed by atoms with Crippen LogP contribution in [0.15, 0.2) is 49.2 Å². The Labute approximate surface area is 124 Å². The fourth-order valence-electron chi connectivity index (χ4n) is 1.42. The number of rotatable bonds is 6. The van der Waals surface area contributed by atoms with Crippen molar-refractivity contribution in [1.29, 1.82) is 0 Å². The fourth-order valence-corrected chi connectivity index (χ4v) is 2.31. The number of allylic oxidation sites excluding steroid dienone is 5. The molecule has 1 N–H and O–H groups in total. The predicted octanol–water partition coefficient (Wildman–Crippen LogP) is 3.46. The van der Waals surface area contributed by atoms with Crippen LogP contribution >= 0.6 is 8.73 Å². The van der Waals surface area contributed by atoms with E-state index in [2.05, 4.69) is 23.1 Å². The van der Waals surface area contributed by atoms with Crippen molar-refractivity contribution in [3.8, 4) is 0 Å². The van der Waals surface area contributed by atoms with Crippen molar-refractivity contribution in [1.82, 2.24) is 9.99 Å². The van der Waals surface area contributed by atoms with Gasteiger partial charge < -0.3 is 10.1 Å². The minimum absolute atomic E-state index is 0.00119. The van der Waals surface area contributed by atoms with E-state index in [4.69, 9.17) is 4.74 Å². The summed E-state index contributed by atoms with van der Waals surface area (Å²) in [7, 11) is 0.126. The molecule has 1 aliphatic rings. The molecular weight excluding hydrogens is 271 g/mol. The number of nitrogens with one attached hydrogen (secondary N) is 1. The zero-order chi connectivity index (χ0) is 15.2. The molecule has 0 aromatic heterocycles. The summed E-state index contributed by atoms with van der Waals surface area (Å²) in [4.78, 5) is 11.8. The van der Waals surface area contributed by atoms with Crippen LogP contribution in [0.4, 0.5) is 4.79 Å². The van der Waals surface area contributed by atoms with Crippen LogP contribution in [0.25, 0.3) is 0 Å². The Morgan fingerprint density at radius 2 is 1.90 bits per heavy atom. The van der Waals surface area contributed by atoms with E-state index in [1.165, 1.54) is 0 Å². The molecule has 20 heavy (non-hydrogen) atoms. The Morgan fingerprint density at radius 3 is 2.45 bits per heavy atom. The van der Waals surface area contributed by atoms with Crippen LogP contribution in [-0.4, -0.2) is 36.6 Å². The normalized spacial score (nSPS) is 16.8. The van der Waals surface area contributed by atoms with E-state index in [0.717, 1.165) is 18.8 Å². The standard InChI is InChI=1S/C13H19N2O2P.C2H6/c1-3-5-7-12(6-4-2)14-13(16)18-15-8-10-17-11-9-15;1-2/h3-7,18H,1-2,8-11H2,(H,14,16);1-2H3/b7-5-,12-6+;. The van der Waals surface area contributed by atoms with Crippen molar-refractivity contribution in [3.05, 3.63) is 49.2 Å². The highest BCUT2D eigenvalue weighted by Crippen LogP contribution is 2.20. The van der Waals surface area contributed by atoms with Gasteiger partial charge in [-0.05, 0) is 12.2 Å². The molecule has 1 atom stereocenters. The third-order valence-corrected chi connectivity index (χ3v) is 3.33. The Morgan fingerprint density at radius 1 is 1.25 bits per heavy atom. The minimum atomic E-state index is -0.00119. The van der Waals surface area contributed by atoms with Crippen molar-refractivity contribution in [2.75, 3.05) is 26.3 Å². The van der Waals surface area contributed by atoms with Gasteiger partial charge in [-0.3, -0.25) is 9.46 Å². The second-order valence-electron chi connectivity index (χ2n) is 3.62. The molecule has 1 rings (SSSR count). The van der Waals surface area contributed by atoms with Crippen molar-refractivity contribution in [3.63, 3.8) is 0 Å². The maximum atomic E-state index is 11.8. The summed E-state index contributed by atoms with van der Waals surface area (Å²) >= 11 is 0. The molecule has 112 valence electrons. The van der Waals surface area contributed by atoms with E-state index >= 15 is 0 Å². The smallest absolute Gasteiger partial charge is 0.257 e. The van der Waals surface area contributed by atoms with Gasteiger partial charge in [-0.2, -0.15) is 0 Å². The lowest BCUT2D eigenvalue weighted by Crippen LogP contribution is -2.32. The number of morpholine rings is 1. The first-order chi connectivity index (χ1) is 9.76. The number of carbonyl (C=O) groups is 1. The van der Waals surface area contributed by atoms with E-state index in [1.54, 1.807) is 30.4 Å². The van der Waals surface area contributed by atoms with Crippen LogP contribution in [0.2, 0.25) is 0 Å². The monoisotopic (exact) mass is 296 g/mol. The molecule has 0 aromatic carbocycles. The molecular formula is C15H25N2O2P. The number of hydrogen-bond acceptors (Lipinski definition) is 3. The predicted molar refractivity (Wildman–Crippen MR) is 88.2 cm³/mol. The summed E-state index contributed by atoms with van der Waals surface area (Å²) in [5, 5.41) is 2.85. The van der Waals surface area contributed by atoms with E-state index in [9.17, 15) is 4.79 Å². The van der Waals surface area contributed by atoms with Gasteiger partial charge in [-0.15, -0.1) is 0 Å². The number of hydrogen-bond donors (Lipinski definition) is 1. The second kappa shape index (κ2) is 12.8. The van der Waals surface area contributed by atoms with Gasteiger partial charge in [0.2, 0.25) is 0 Å². The zero-order valence-corrected chi connectivity index (χ0v) is 13.4. The lowest BCUT2D eigenvalue weighted by molar-refractivity contribution is 0.0761. The Bertz CT molecular complexity index is 359. The van der Waals surface area contributed by atoms with Crippen LogP contribution in [0.1, 0.15) is 13.8 Å². The minimum Gasteiger partial charge on any atom is -0.379 e. The second-order valence-corrected chi connectivity index (χ2v) is 4.93. The molecule has 0 aliphatic carbocycles. The van der Waals surface area contributed by atoms with Gasteiger partial charge in [0.1, 0.15) is 0 Å². The highest BCUT2D eigenvalue weighted by Gasteiger charge is 2.14. The largest absolute Gasteiger partial charge is 0.379 e. The van der Waals surface area contributed by atoms with Gasteiger partial charge in [0.05, 0.1) is 13.2 Å². The first kappa shape index (κ1) is 18.8. The number of amides is 1. The molecule has 1 saturated heterocycles. The molecule has 0 aromatic rings. The number of carbonyl (C=O) groups excluding carboxylic acids is 1. The third-order valence-electron chi connectivity index (χ3n) is 2.24. The lowest BCUT2D eigenvalue weighted by atomic mass is 10.3. The Kier molecular flexibility index (Phi) is 12.0. The van der Waals surface area contributed by atoms with Crippen LogP contribution in [0.3, 0.4) is 0 Å².